The summed E-state index contributed by atoms with van der Waals surface area (Å²) < 4.78 is 27.6. The summed E-state index contributed by atoms with van der Waals surface area (Å²) in [6, 6.07) is 11.6. The number of benzene rings is 3. The quantitative estimate of drug-likeness (QED) is 0.254. The number of carbonyl (C=O) groups excluding carboxylic acids is 1. The highest BCUT2D eigenvalue weighted by atomic mass is 16.5. The van der Waals surface area contributed by atoms with Gasteiger partial charge in [-0.25, -0.2) is 0 Å². The minimum atomic E-state index is -0.918. The molecule has 3 aromatic carbocycles. The Hall–Kier alpha value is -5.25. The Kier molecular flexibility index (Phi) is 5.53. The summed E-state index contributed by atoms with van der Waals surface area (Å²) in [5.74, 6) is -1.49. The number of esters is 1. The number of carbonyl (C=O) groups is 1. The van der Waals surface area contributed by atoms with Gasteiger partial charge in [-0.3, -0.25) is 14.4 Å². The van der Waals surface area contributed by atoms with Gasteiger partial charge in [0.15, 0.2) is 22.4 Å². The Morgan fingerprint density at radius 1 is 0.923 bits per heavy atom. The number of fused-ring (bicyclic) bond motifs is 4. The Morgan fingerprint density at radius 3 is 2.49 bits per heavy atom. The third-order valence-electron chi connectivity index (χ3n) is 6.77. The lowest BCUT2D eigenvalue weighted by molar-refractivity contribution is -0.135. The van der Waals surface area contributed by atoms with Gasteiger partial charge < -0.3 is 33.3 Å². The molecule has 6 rings (SSSR count). The Balaban J connectivity index is 1.63. The third kappa shape index (κ3) is 3.84. The summed E-state index contributed by atoms with van der Waals surface area (Å²) in [4.78, 5) is 39.4. The van der Waals surface area contributed by atoms with Crippen LogP contribution in [-0.2, 0) is 4.79 Å². The number of aromatic hydroxyl groups is 2. The molecule has 5 aromatic rings. The van der Waals surface area contributed by atoms with Gasteiger partial charge in [-0.05, 0) is 36.4 Å². The Morgan fingerprint density at radius 2 is 1.74 bits per heavy atom. The first-order valence-electron chi connectivity index (χ1n) is 11.8. The zero-order valence-electron chi connectivity index (χ0n) is 20.6. The van der Waals surface area contributed by atoms with Crippen LogP contribution in [0.15, 0.2) is 73.2 Å². The van der Waals surface area contributed by atoms with Crippen molar-refractivity contribution in [1.29, 1.82) is 0 Å². The predicted molar refractivity (Wildman–Crippen MR) is 139 cm³/mol. The molecular formula is C29H20O10. The molecule has 1 atom stereocenters. The fraction of sp³-hybridized carbons (Fsp3) is 0.138. The highest BCUT2D eigenvalue weighted by Gasteiger charge is 2.35. The molecule has 0 bridgehead atoms. The monoisotopic (exact) mass is 528 g/mol. The van der Waals surface area contributed by atoms with Gasteiger partial charge in [0.05, 0.1) is 32.3 Å². The molecule has 0 saturated heterocycles. The Bertz CT molecular complexity index is 1930. The van der Waals surface area contributed by atoms with Gasteiger partial charge >= 0.3 is 5.97 Å². The molecule has 0 saturated carbocycles. The fourth-order valence-electron chi connectivity index (χ4n) is 4.90. The van der Waals surface area contributed by atoms with E-state index in [1.807, 2.05) is 0 Å². The summed E-state index contributed by atoms with van der Waals surface area (Å²) in [6.45, 7) is 0. The molecule has 0 fully saturated rings. The fourth-order valence-corrected chi connectivity index (χ4v) is 4.90. The first kappa shape index (κ1) is 24.1. The van der Waals surface area contributed by atoms with Crippen LogP contribution in [0.25, 0.3) is 33.3 Å². The molecule has 10 heteroatoms. The number of hydrogen-bond acceptors (Lipinski definition) is 10. The molecule has 3 heterocycles. The van der Waals surface area contributed by atoms with Crippen LogP contribution in [0.1, 0.15) is 23.5 Å². The van der Waals surface area contributed by atoms with Crippen LogP contribution >= 0.6 is 0 Å². The normalized spacial score (nSPS) is 14.7. The average Bonchev–Trinajstić information content (AvgIpc) is 2.92. The van der Waals surface area contributed by atoms with Crippen molar-refractivity contribution in [2.24, 2.45) is 0 Å². The van der Waals surface area contributed by atoms with Crippen molar-refractivity contribution in [1.82, 2.24) is 0 Å². The van der Waals surface area contributed by atoms with Crippen molar-refractivity contribution in [3.05, 3.63) is 86.4 Å². The molecule has 0 amide bonds. The van der Waals surface area contributed by atoms with Crippen molar-refractivity contribution in [2.45, 2.75) is 12.3 Å². The van der Waals surface area contributed by atoms with E-state index in [0.717, 1.165) is 6.07 Å². The van der Waals surface area contributed by atoms with Gasteiger partial charge in [0.2, 0.25) is 0 Å². The average molecular weight is 528 g/mol. The topological polar surface area (TPSA) is 146 Å². The maximum absolute atomic E-state index is 13.6. The number of hydrogen-bond donors (Lipinski definition) is 2. The van der Waals surface area contributed by atoms with Crippen LogP contribution in [0, 0.1) is 0 Å². The van der Waals surface area contributed by atoms with E-state index in [9.17, 15) is 24.6 Å². The zero-order valence-corrected chi connectivity index (χ0v) is 20.6. The van der Waals surface area contributed by atoms with Gasteiger partial charge in [-0.2, -0.15) is 0 Å². The van der Waals surface area contributed by atoms with Crippen molar-refractivity contribution in [3.8, 4) is 40.1 Å². The molecule has 0 unspecified atom stereocenters. The lowest BCUT2D eigenvalue weighted by atomic mass is 9.85. The molecule has 196 valence electrons. The number of rotatable bonds is 4. The van der Waals surface area contributed by atoms with E-state index in [1.165, 1.54) is 44.7 Å². The maximum atomic E-state index is 13.6. The second-order valence-corrected chi connectivity index (χ2v) is 8.99. The van der Waals surface area contributed by atoms with Crippen LogP contribution in [0.3, 0.4) is 0 Å². The lowest BCUT2D eigenvalue weighted by Crippen LogP contribution is -2.25. The smallest absolute Gasteiger partial charge is 0.312 e. The molecule has 0 radical (unpaired) electrons. The van der Waals surface area contributed by atoms with Gasteiger partial charge in [0, 0.05) is 34.7 Å². The minimum absolute atomic E-state index is 0.0516. The van der Waals surface area contributed by atoms with E-state index in [0.29, 0.717) is 16.9 Å². The number of phenolic OH excluding ortho intramolecular Hbond substituents is 2. The van der Waals surface area contributed by atoms with Crippen LogP contribution in [-0.4, -0.2) is 30.4 Å². The van der Waals surface area contributed by atoms with Gasteiger partial charge in [0.25, 0.3) is 0 Å². The van der Waals surface area contributed by atoms with Crippen molar-refractivity contribution in [2.75, 3.05) is 14.2 Å². The first-order chi connectivity index (χ1) is 18.8. The number of phenols is 2. The number of methoxy groups -OCH3 is 2. The van der Waals surface area contributed by atoms with Gasteiger partial charge in [0.1, 0.15) is 39.6 Å². The Labute approximate surface area is 219 Å². The summed E-state index contributed by atoms with van der Waals surface area (Å²) in [7, 11) is 2.88. The van der Waals surface area contributed by atoms with Crippen LogP contribution in [0.2, 0.25) is 0 Å². The zero-order chi connectivity index (χ0) is 27.4. The number of ether oxygens (including phenoxy) is 3. The van der Waals surface area contributed by atoms with E-state index in [1.54, 1.807) is 18.2 Å². The SMILES string of the molecule is COc1ccc2occ([C@H]3CC(=O)Oc4cc(O)c5c(=O)cc(-c6ccc(OC)c(O)c6)oc5c43)c(=O)c2c1. The summed E-state index contributed by atoms with van der Waals surface area (Å²) in [6.07, 6.45) is 1.02. The highest BCUT2D eigenvalue weighted by Crippen LogP contribution is 2.46. The second kappa shape index (κ2) is 8.95. The van der Waals surface area contributed by atoms with E-state index >= 15 is 0 Å². The van der Waals surface area contributed by atoms with Crippen LogP contribution in [0.4, 0.5) is 0 Å². The standard InChI is InChI=1S/C29H20O10/c1-35-14-4-6-21-16(8-14)28(34)17(12-37-21)15-9-25(33)38-24-11-20(32)27-19(31)10-23(39-29(27)26(15)24)13-3-5-22(36-2)18(30)7-13/h3-8,10-12,15,30,32H,9H2,1-2H3/t15-/m1/s1. The maximum Gasteiger partial charge on any atom is 0.312 e. The molecule has 1 aliphatic rings. The molecule has 0 aliphatic carbocycles. The van der Waals surface area contributed by atoms with Crippen LogP contribution < -0.4 is 25.1 Å². The van der Waals surface area contributed by atoms with Crippen molar-refractivity contribution < 1.29 is 38.1 Å². The van der Waals surface area contributed by atoms with Crippen molar-refractivity contribution >= 4 is 27.9 Å². The van der Waals surface area contributed by atoms with E-state index in [-0.39, 0.29) is 56.9 Å². The minimum Gasteiger partial charge on any atom is -0.507 e. The van der Waals surface area contributed by atoms with Crippen LogP contribution in [0.5, 0.6) is 28.7 Å². The highest BCUT2D eigenvalue weighted by molar-refractivity contribution is 5.93. The predicted octanol–water partition coefficient (Wildman–Crippen LogP) is 4.44. The molecule has 2 aromatic heterocycles. The van der Waals surface area contributed by atoms with Gasteiger partial charge in [-0.1, -0.05) is 0 Å². The second-order valence-electron chi connectivity index (χ2n) is 8.99. The third-order valence-corrected chi connectivity index (χ3v) is 6.77. The molecule has 10 nitrogen and oxygen atoms in total. The molecule has 1 aliphatic heterocycles. The van der Waals surface area contributed by atoms with E-state index < -0.39 is 28.5 Å². The molecule has 0 spiro atoms. The summed E-state index contributed by atoms with van der Waals surface area (Å²) in [5, 5.41) is 21.0. The largest absolute Gasteiger partial charge is 0.507 e. The van der Waals surface area contributed by atoms with Gasteiger partial charge in [-0.15, -0.1) is 0 Å². The molecule has 2 N–H and O–H groups in total. The first-order valence-corrected chi connectivity index (χ1v) is 11.8. The summed E-state index contributed by atoms with van der Waals surface area (Å²) in [5.41, 5.74) is 0.00109. The molecule has 39 heavy (non-hydrogen) atoms. The van der Waals surface area contributed by atoms with Crippen molar-refractivity contribution in [3.63, 3.8) is 0 Å². The lowest BCUT2D eigenvalue weighted by Gasteiger charge is -2.25. The van der Waals surface area contributed by atoms with E-state index in [4.69, 9.17) is 23.0 Å². The summed E-state index contributed by atoms with van der Waals surface area (Å²) >= 11 is 0. The van der Waals surface area contributed by atoms with E-state index in [2.05, 4.69) is 0 Å². The molecular weight excluding hydrogens is 508 g/mol.